The molecule has 0 radical (unpaired) electrons. The number of para-hydroxylation sites is 1. The molecule has 1 aliphatic carbocycles. The minimum absolute atomic E-state index is 0.107. The highest BCUT2D eigenvalue weighted by molar-refractivity contribution is 7.89. The van der Waals surface area contributed by atoms with Crippen LogP contribution in [0.3, 0.4) is 0 Å². The van der Waals surface area contributed by atoms with E-state index >= 15 is 0 Å². The zero-order valence-corrected chi connectivity index (χ0v) is 20.8. The fourth-order valence-electron chi connectivity index (χ4n) is 5.39. The minimum atomic E-state index is -3.94. The summed E-state index contributed by atoms with van der Waals surface area (Å²) < 4.78 is 28.4. The van der Waals surface area contributed by atoms with Gasteiger partial charge >= 0.3 is 6.03 Å². The zero-order chi connectivity index (χ0) is 26.0. The lowest BCUT2D eigenvalue weighted by Gasteiger charge is -2.27. The summed E-state index contributed by atoms with van der Waals surface area (Å²) in [6.45, 7) is 0. The molecule has 1 saturated heterocycles. The molecule has 3 aromatic rings. The van der Waals surface area contributed by atoms with Crippen molar-refractivity contribution >= 4 is 33.3 Å². The van der Waals surface area contributed by atoms with Gasteiger partial charge in [-0.05, 0) is 72.7 Å². The van der Waals surface area contributed by atoms with Crippen LogP contribution in [0.5, 0.6) is 0 Å². The number of carbonyl (C=O) groups is 2. The minimum Gasteiger partial charge on any atom is -0.308 e. The number of carbonyl (C=O) groups excluding carboxylic acids is 2. The molecule has 0 spiro atoms. The Bertz CT molecular complexity index is 1380. The fraction of sp³-hybridized carbons (Fsp3) is 0.259. The Hall–Kier alpha value is -3.73. The van der Waals surface area contributed by atoms with Gasteiger partial charge in [-0.2, -0.15) is 4.31 Å². The second-order valence-electron chi connectivity index (χ2n) is 9.37. The van der Waals surface area contributed by atoms with Gasteiger partial charge < -0.3 is 10.6 Å². The highest BCUT2D eigenvalue weighted by Gasteiger charge is 2.52. The molecular weight excluding hydrogens is 492 g/mol. The third-order valence-corrected chi connectivity index (χ3v) is 9.08. The van der Waals surface area contributed by atoms with Crippen molar-refractivity contribution in [2.75, 3.05) is 10.6 Å². The molecule has 37 heavy (non-hydrogen) atoms. The molecule has 3 amide bonds. The molecule has 0 aromatic heterocycles. The maximum Gasteiger partial charge on any atom is 0.323 e. The van der Waals surface area contributed by atoms with E-state index in [2.05, 4.69) is 10.6 Å². The number of urea groups is 1. The monoisotopic (exact) mass is 520 g/mol. The number of amides is 3. The van der Waals surface area contributed by atoms with E-state index in [0.29, 0.717) is 24.2 Å². The predicted molar refractivity (Wildman–Crippen MR) is 139 cm³/mol. The summed E-state index contributed by atoms with van der Waals surface area (Å²) in [6, 6.07) is 21.4. The lowest BCUT2D eigenvalue weighted by atomic mass is 10.0. The molecule has 10 heteroatoms. The number of nitrogens with zero attached hydrogens (tertiary/aromatic N) is 1. The smallest absolute Gasteiger partial charge is 0.308 e. The summed E-state index contributed by atoms with van der Waals surface area (Å²) in [5.41, 5.74) is 4.60. The molecule has 1 saturated carbocycles. The van der Waals surface area contributed by atoms with E-state index < -0.39 is 22.0 Å². The van der Waals surface area contributed by atoms with Crippen molar-refractivity contribution < 1.29 is 23.2 Å². The van der Waals surface area contributed by atoms with Gasteiger partial charge in [-0.1, -0.05) is 48.9 Å². The molecule has 5 rings (SSSR count). The van der Waals surface area contributed by atoms with Crippen LogP contribution in [0.2, 0.25) is 0 Å². The Morgan fingerprint density at radius 2 is 1.41 bits per heavy atom. The standard InChI is InChI=1S/C27H28N4O5S/c32-26(30-34)25-17-20-5-4-8-24(20)31(25)37(35,36)23-15-11-19(12-16-23)18-9-13-22(14-10-18)29-27(33)28-21-6-2-1-3-7-21/h1-3,6-7,9-16,20,24-25,34H,4-5,8,17H2,(H,30,32)(H2,28,29,33)/t20-,24-,25?/m1/s1. The lowest BCUT2D eigenvalue weighted by molar-refractivity contribution is -0.132. The van der Waals surface area contributed by atoms with Crippen molar-refractivity contribution in [3.05, 3.63) is 78.9 Å². The molecule has 1 aliphatic heterocycles. The highest BCUT2D eigenvalue weighted by atomic mass is 32.2. The Balaban J connectivity index is 1.29. The molecule has 2 aliphatic rings. The summed E-state index contributed by atoms with van der Waals surface area (Å²) in [5.74, 6) is -0.570. The molecule has 4 N–H and O–H groups in total. The molecule has 2 fully saturated rings. The Labute approximate surface area is 215 Å². The average Bonchev–Trinajstić information content (AvgIpc) is 3.51. The third kappa shape index (κ3) is 5.08. The van der Waals surface area contributed by atoms with Crippen LogP contribution >= 0.6 is 0 Å². The van der Waals surface area contributed by atoms with Gasteiger partial charge in [0.25, 0.3) is 5.91 Å². The van der Waals surface area contributed by atoms with Crippen LogP contribution < -0.4 is 16.1 Å². The van der Waals surface area contributed by atoms with E-state index in [1.807, 2.05) is 30.3 Å². The van der Waals surface area contributed by atoms with E-state index in [-0.39, 0.29) is 22.9 Å². The van der Waals surface area contributed by atoms with Crippen LogP contribution in [0.25, 0.3) is 11.1 Å². The first-order chi connectivity index (χ1) is 17.9. The van der Waals surface area contributed by atoms with Crippen LogP contribution in [0.15, 0.2) is 83.8 Å². The Kier molecular flexibility index (Phi) is 6.96. The van der Waals surface area contributed by atoms with Gasteiger partial charge in [0.05, 0.1) is 4.90 Å². The van der Waals surface area contributed by atoms with Crippen LogP contribution in [-0.4, -0.2) is 42.0 Å². The van der Waals surface area contributed by atoms with Crippen molar-refractivity contribution in [2.45, 2.75) is 42.7 Å². The number of anilines is 2. The van der Waals surface area contributed by atoms with Crippen molar-refractivity contribution in [2.24, 2.45) is 5.92 Å². The summed E-state index contributed by atoms with van der Waals surface area (Å²) >= 11 is 0. The molecule has 9 nitrogen and oxygen atoms in total. The number of fused-ring (bicyclic) bond motifs is 1. The molecule has 3 atom stereocenters. The largest absolute Gasteiger partial charge is 0.323 e. The predicted octanol–water partition coefficient (Wildman–Crippen LogP) is 4.43. The molecule has 0 bridgehead atoms. The molecule has 3 aromatic carbocycles. The molecule has 1 unspecified atom stereocenters. The summed E-state index contributed by atoms with van der Waals surface area (Å²) in [6.07, 6.45) is 2.93. The quantitative estimate of drug-likeness (QED) is 0.282. The number of nitrogens with one attached hydrogen (secondary N) is 3. The van der Waals surface area contributed by atoms with Crippen LogP contribution in [-0.2, 0) is 14.8 Å². The van der Waals surface area contributed by atoms with Gasteiger partial charge in [0.2, 0.25) is 10.0 Å². The fourth-order valence-corrected chi connectivity index (χ4v) is 7.27. The van der Waals surface area contributed by atoms with Crippen molar-refractivity contribution in [3.63, 3.8) is 0 Å². The number of sulfonamides is 1. The summed E-state index contributed by atoms with van der Waals surface area (Å²) in [4.78, 5) is 24.6. The number of rotatable bonds is 6. The second kappa shape index (κ2) is 10.3. The second-order valence-corrected chi connectivity index (χ2v) is 11.2. The van der Waals surface area contributed by atoms with E-state index in [1.165, 1.54) is 4.31 Å². The van der Waals surface area contributed by atoms with Crippen molar-refractivity contribution in [1.29, 1.82) is 0 Å². The van der Waals surface area contributed by atoms with Gasteiger partial charge in [-0.25, -0.2) is 18.7 Å². The maximum atomic E-state index is 13.6. The van der Waals surface area contributed by atoms with Gasteiger partial charge in [0.15, 0.2) is 0 Å². The van der Waals surface area contributed by atoms with Crippen LogP contribution in [0.4, 0.5) is 16.2 Å². The van der Waals surface area contributed by atoms with Crippen molar-refractivity contribution in [3.8, 4) is 11.1 Å². The van der Waals surface area contributed by atoms with E-state index in [0.717, 1.165) is 24.0 Å². The first-order valence-electron chi connectivity index (χ1n) is 12.2. The van der Waals surface area contributed by atoms with E-state index in [9.17, 15) is 18.0 Å². The summed E-state index contributed by atoms with van der Waals surface area (Å²) in [5, 5.41) is 14.7. The SMILES string of the molecule is O=C(Nc1ccccc1)Nc1ccc(-c2ccc(S(=O)(=O)N3C(C(=O)NO)C[C@H]4CCC[C@H]43)cc2)cc1. The number of hydrogen-bond acceptors (Lipinski definition) is 5. The van der Waals surface area contributed by atoms with E-state index in [4.69, 9.17) is 5.21 Å². The molecule has 1 heterocycles. The number of hydroxylamine groups is 1. The molecule has 192 valence electrons. The number of benzene rings is 3. The average molecular weight is 521 g/mol. The zero-order valence-electron chi connectivity index (χ0n) is 20.0. The van der Waals surface area contributed by atoms with Gasteiger partial charge in [-0.3, -0.25) is 10.0 Å². The van der Waals surface area contributed by atoms with Crippen LogP contribution in [0.1, 0.15) is 25.7 Å². The molecular formula is C27H28N4O5S. The first kappa shape index (κ1) is 24.9. The lowest BCUT2D eigenvalue weighted by Crippen LogP contribution is -2.48. The third-order valence-electron chi connectivity index (χ3n) is 7.13. The van der Waals surface area contributed by atoms with Crippen LogP contribution in [0, 0.1) is 5.92 Å². The first-order valence-corrected chi connectivity index (χ1v) is 13.6. The Morgan fingerprint density at radius 3 is 2.03 bits per heavy atom. The topological polar surface area (TPSA) is 128 Å². The highest BCUT2D eigenvalue weighted by Crippen LogP contribution is 2.44. The van der Waals surface area contributed by atoms with Crippen molar-refractivity contribution in [1.82, 2.24) is 9.79 Å². The van der Waals surface area contributed by atoms with Gasteiger partial charge in [0.1, 0.15) is 6.04 Å². The summed E-state index contributed by atoms with van der Waals surface area (Å²) in [7, 11) is -3.94. The Morgan fingerprint density at radius 1 is 0.811 bits per heavy atom. The van der Waals surface area contributed by atoms with Gasteiger partial charge in [0, 0.05) is 17.4 Å². The number of hydrogen-bond donors (Lipinski definition) is 4. The van der Waals surface area contributed by atoms with E-state index in [1.54, 1.807) is 54.0 Å². The van der Waals surface area contributed by atoms with Gasteiger partial charge in [-0.15, -0.1) is 0 Å². The normalized spacial score (nSPS) is 21.3. The maximum absolute atomic E-state index is 13.6.